The van der Waals surface area contributed by atoms with Crippen molar-refractivity contribution in [3.05, 3.63) is 70.3 Å². The first-order valence-electron chi connectivity index (χ1n) is 9.25. The number of rotatable bonds is 3. The van der Waals surface area contributed by atoms with Gasteiger partial charge in [-0.3, -0.25) is 18.9 Å². The number of ether oxygens (including phenoxy) is 1. The summed E-state index contributed by atoms with van der Waals surface area (Å²) >= 11 is 1.35. The largest absolute Gasteiger partial charge is 0.457 e. The van der Waals surface area contributed by atoms with E-state index in [4.69, 9.17) is 4.74 Å². The number of fused-ring (bicyclic) bond motifs is 4. The number of amides is 1. The lowest BCUT2D eigenvalue weighted by Crippen LogP contribution is -2.47. The number of benzene rings is 1. The lowest BCUT2D eigenvalue weighted by molar-refractivity contribution is -0.148. The predicted octanol–water partition coefficient (Wildman–Crippen LogP) is 2.68. The van der Waals surface area contributed by atoms with Crippen molar-refractivity contribution in [2.75, 3.05) is 4.90 Å². The Morgan fingerprint density at radius 1 is 1.24 bits per heavy atom. The van der Waals surface area contributed by atoms with Crippen LogP contribution in [-0.2, 0) is 20.9 Å². The molecule has 2 aliphatic heterocycles. The molecular formula is C21H17N3O4S. The van der Waals surface area contributed by atoms with Crippen molar-refractivity contribution >= 4 is 35.0 Å². The number of hydrogen-bond donors (Lipinski definition) is 0. The maximum absolute atomic E-state index is 13.1. The number of pyridine rings is 1. The molecule has 1 saturated heterocycles. The van der Waals surface area contributed by atoms with Crippen LogP contribution < -0.4 is 10.5 Å². The molecule has 0 saturated carbocycles. The molecule has 29 heavy (non-hydrogen) atoms. The molecule has 0 radical (unpaired) electrons. The summed E-state index contributed by atoms with van der Waals surface area (Å²) in [6.07, 6.45) is 2.35. The van der Waals surface area contributed by atoms with E-state index in [9.17, 15) is 14.4 Å². The van der Waals surface area contributed by atoms with Crippen molar-refractivity contribution in [1.82, 2.24) is 9.38 Å². The van der Waals surface area contributed by atoms with E-state index in [0.29, 0.717) is 24.2 Å². The molecule has 2 aliphatic rings. The van der Waals surface area contributed by atoms with Crippen LogP contribution in [0, 0.1) is 6.92 Å². The Morgan fingerprint density at radius 3 is 2.93 bits per heavy atom. The number of anilines is 1. The Labute approximate surface area is 170 Å². The number of nitrogens with zero attached hydrogens (tertiary/aromatic N) is 3. The second-order valence-electron chi connectivity index (χ2n) is 7.18. The summed E-state index contributed by atoms with van der Waals surface area (Å²) in [6, 6.07) is 12.5. The average molecular weight is 407 g/mol. The molecule has 1 amide bonds. The molecule has 4 heterocycles. The fraction of sp³-hybridized carbons (Fsp3) is 0.238. The lowest BCUT2D eigenvalue weighted by Gasteiger charge is -2.28. The molecule has 7 nitrogen and oxygen atoms in total. The van der Waals surface area contributed by atoms with E-state index >= 15 is 0 Å². The second kappa shape index (κ2) is 6.45. The molecule has 0 N–H and O–H groups in total. The number of carbonyl (C=O) groups excluding carboxylic acids is 2. The summed E-state index contributed by atoms with van der Waals surface area (Å²) in [7, 11) is 0. The third kappa shape index (κ3) is 2.74. The molecule has 1 aromatic carbocycles. The molecule has 146 valence electrons. The highest BCUT2D eigenvalue weighted by molar-refractivity contribution is 8.02. The Morgan fingerprint density at radius 2 is 2.07 bits per heavy atom. The van der Waals surface area contributed by atoms with Crippen molar-refractivity contribution in [1.29, 1.82) is 0 Å². The predicted molar refractivity (Wildman–Crippen MR) is 108 cm³/mol. The summed E-state index contributed by atoms with van der Waals surface area (Å²) in [5.74, 6) is -0.576. The van der Waals surface area contributed by atoms with Gasteiger partial charge in [-0.15, -0.1) is 0 Å². The molecule has 0 spiro atoms. The van der Waals surface area contributed by atoms with E-state index in [1.54, 1.807) is 17.2 Å². The number of para-hydroxylation sites is 1. The van der Waals surface area contributed by atoms with Gasteiger partial charge in [0.1, 0.15) is 12.3 Å². The van der Waals surface area contributed by atoms with Gasteiger partial charge in [0.25, 0.3) is 5.56 Å². The number of esters is 1. The van der Waals surface area contributed by atoms with Crippen LogP contribution in [0.3, 0.4) is 0 Å². The van der Waals surface area contributed by atoms with Crippen LogP contribution in [-0.4, -0.2) is 26.1 Å². The summed E-state index contributed by atoms with van der Waals surface area (Å²) in [6.45, 7) is 1.79. The molecule has 0 bridgehead atoms. The first kappa shape index (κ1) is 17.9. The topological polar surface area (TPSA) is 81.0 Å². The van der Waals surface area contributed by atoms with Crippen LogP contribution >= 0.6 is 11.8 Å². The quantitative estimate of drug-likeness (QED) is 0.621. The van der Waals surface area contributed by atoms with Gasteiger partial charge in [-0.1, -0.05) is 23.9 Å². The van der Waals surface area contributed by atoms with Gasteiger partial charge in [0.2, 0.25) is 5.91 Å². The van der Waals surface area contributed by atoms with Crippen LogP contribution in [0.15, 0.2) is 58.4 Å². The summed E-state index contributed by atoms with van der Waals surface area (Å²) in [4.78, 5) is 43.7. The number of aryl methyl sites for hydroxylation is 1. The zero-order valence-electron chi connectivity index (χ0n) is 15.6. The lowest BCUT2D eigenvalue weighted by atomic mass is 10.2. The van der Waals surface area contributed by atoms with Crippen LogP contribution in [0.1, 0.15) is 24.1 Å². The Kier molecular flexibility index (Phi) is 3.99. The fourth-order valence-corrected chi connectivity index (χ4v) is 5.26. The Hall–Kier alpha value is -3.13. The minimum absolute atomic E-state index is 0.0862. The van der Waals surface area contributed by atoms with Gasteiger partial charge in [-0.25, -0.2) is 9.78 Å². The maximum atomic E-state index is 13.1. The van der Waals surface area contributed by atoms with Gasteiger partial charge in [0, 0.05) is 30.0 Å². The van der Waals surface area contributed by atoms with Crippen LogP contribution in [0.2, 0.25) is 0 Å². The molecule has 0 aliphatic carbocycles. The molecule has 1 fully saturated rings. The Bertz CT molecular complexity index is 1240. The van der Waals surface area contributed by atoms with E-state index in [2.05, 4.69) is 4.98 Å². The number of thioether (sulfide) groups is 1. The zero-order valence-corrected chi connectivity index (χ0v) is 16.4. The first-order chi connectivity index (χ1) is 14.0. The van der Waals surface area contributed by atoms with Crippen molar-refractivity contribution in [2.24, 2.45) is 0 Å². The highest BCUT2D eigenvalue weighted by Gasteiger charge is 2.58. The average Bonchev–Trinajstić information content (AvgIpc) is 3.21. The fourth-order valence-electron chi connectivity index (χ4n) is 3.85. The summed E-state index contributed by atoms with van der Waals surface area (Å²) < 4.78 is 7.01. The third-order valence-electron chi connectivity index (χ3n) is 5.22. The number of carbonyl (C=O) groups is 2. The molecule has 8 heteroatoms. The van der Waals surface area contributed by atoms with Gasteiger partial charge in [-0.05, 0) is 36.8 Å². The van der Waals surface area contributed by atoms with E-state index < -0.39 is 10.8 Å². The number of aromatic nitrogens is 2. The monoisotopic (exact) mass is 407 g/mol. The summed E-state index contributed by atoms with van der Waals surface area (Å²) in [5.41, 5.74) is 2.36. The summed E-state index contributed by atoms with van der Waals surface area (Å²) in [5, 5.41) is 0. The van der Waals surface area contributed by atoms with Crippen LogP contribution in [0.5, 0.6) is 0 Å². The van der Waals surface area contributed by atoms with Crippen molar-refractivity contribution in [3.8, 4) is 0 Å². The van der Waals surface area contributed by atoms with Gasteiger partial charge in [-0.2, -0.15) is 0 Å². The molecule has 1 unspecified atom stereocenters. The zero-order chi connectivity index (χ0) is 20.2. The number of hydrogen-bond acceptors (Lipinski definition) is 6. The van der Waals surface area contributed by atoms with Gasteiger partial charge < -0.3 is 4.74 Å². The van der Waals surface area contributed by atoms with Gasteiger partial charge >= 0.3 is 5.97 Å². The minimum atomic E-state index is -1.08. The van der Waals surface area contributed by atoms with E-state index in [-0.39, 0.29) is 18.1 Å². The van der Waals surface area contributed by atoms with E-state index in [0.717, 1.165) is 16.1 Å². The molecule has 5 rings (SSSR count). The molecular weight excluding hydrogens is 390 g/mol. The van der Waals surface area contributed by atoms with Gasteiger partial charge in [0.05, 0.1) is 11.4 Å². The highest BCUT2D eigenvalue weighted by Crippen LogP contribution is 2.56. The van der Waals surface area contributed by atoms with E-state index in [1.165, 1.54) is 22.2 Å². The van der Waals surface area contributed by atoms with Crippen LogP contribution in [0.25, 0.3) is 5.65 Å². The molecule has 2 aromatic heterocycles. The third-order valence-corrected chi connectivity index (χ3v) is 6.68. The minimum Gasteiger partial charge on any atom is -0.457 e. The maximum Gasteiger partial charge on any atom is 0.343 e. The van der Waals surface area contributed by atoms with E-state index in [1.807, 2.05) is 37.3 Å². The second-order valence-corrected chi connectivity index (χ2v) is 8.50. The van der Waals surface area contributed by atoms with Gasteiger partial charge in [0.15, 0.2) is 4.87 Å². The van der Waals surface area contributed by atoms with Crippen molar-refractivity contribution in [2.45, 2.75) is 36.1 Å². The molecule has 3 aromatic rings. The molecule has 1 atom stereocenters. The smallest absolute Gasteiger partial charge is 0.343 e. The van der Waals surface area contributed by atoms with Crippen molar-refractivity contribution < 1.29 is 14.3 Å². The highest BCUT2D eigenvalue weighted by atomic mass is 32.2. The standard InChI is InChI=1S/C21H17N3O4S/c1-13-7-9-23-17(10-13)22-14(11-19(23)26)12-28-20(27)21-8-6-18(25)24(21)15-4-2-3-5-16(15)29-21/h2-5,7,9-11H,6,8,12H2,1H3. The SMILES string of the molecule is Cc1ccn2c(=O)cc(COC(=O)C34CCC(=O)N3c3ccccc3S4)nc2c1. The van der Waals surface area contributed by atoms with Crippen LogP contribution in [0.4, 0.5) is 5.69 Å². The normalized spacial score (nSPS) is 20.0. The first-order valence-corrected chi connectivity index (χ1v) is 10.1. The Balaban J connectivity index is 1.42. The van der Waals surface area contributed by atoms with Crippen molar-refractivity contribution in [3.63, 3.8) is 0 Å².